The molecule has 2 rings (SSSR count). The minimum atomic E-state index is -2.95. The molecule has 0 aliphatic rings. The Bertz CT molecular complexity index is 883. The van der Waals surface area contributed by atoms with E-state index in [0.717, 1.165) is 22.3 Å². The Morgan fingerprint density at radius 3 is 2.54 bits per heavy atom. The van der Waals surface area contributed by atoms with Crippen LogP contribution in [0.1, 0.15) is 31.6 Å². The average Bonchev–Trinajstić information content (AvgIpc) is 2.89. The highest BCUT2D eigenvalue weighted by atomic mass is 32.2. The third-order valence-corrected chi connectivity index (χ3v) is 5.41. The van der Waals surface area contributed by atoms with Crippen LogP contribution in [0.3, 0.4) is 0 Å². The molecule has 0 aliphatic carbocycles. The van der Waals surface area contributed by atoms with Crippen molar-refractivity contribution in [3.05, 3.63) is 35.6 Å². The molecular formula is C19H29N3O3S. The first kappa shape index (κ1) is 20.3. The number of hydrogen-bond donors (Lipinski definition) is 2. The summed E-state index contributed by atoms with van der Waals surface area (Å²) >= 11 is 0. The quantitative estimate of drug-likeness (QED) is 0.571. The van der Waals surface area contributed by atoms with E-state index >= 15 is 0 Å². The van der Waals surface area contributed by atoms with Crippen LogP contribution in [0.4, 0.5) is 0 Å². The van der Waals surface area contributed by atoms with Crippen LogP contribution in [0, 0.1) is 12.3 Å². The summed E-state index contributed by atoms with van der Waals surface area (Å²) in [5.74, 6) is 1.73. The van der Waals surface area contributed by atoms with E-state index in [0.29, 0.717) is 25.5 Å². The van der Waals surface area contributed by atoms with Gasteiger partial charge in [0.05, 0.1) is 12.3 Å². The van der Waals surface area contributed by atoms with Gasteiger partial charge in [0.2, 0.25) is 0 Å². The number of rotatable bonds is 7. The van der Waals surface area contributed by atoms with E-state index in [1.807, 2.05) is 39.0 Å². The zero-order valence-electron chi connectivity index (χ0n) is 16.2. The molecule has 0 spiro atoms. The number of fused-ring (bicyclic) bond motifs is 1. The number of aliphatic imine (C=N–C) groups is 1. The number of nitrogens with zero attached hydrogens (tertiary/aromatic N) is 1. The Morgan fingerprint density at radius 2 is 1.92 bits per heavy atom. The van der Waals surface area contributed by atoms with E-state index in [1.165, 1.54) is 6.26 Å². The zero-order valence-corrected chi connectivity index (χ0v) is 17.0. The molecule has 0 amide bonds. The van der Waals surface area contributed by atoms with Gasteiger partial charge in [0, 0.05) is 30.8 Å². The van der Waals surface area contributed by atoms with Crippen LogP contribution in [0.2, 0.25) is 0 Å². The lowest BCUT2D eigenvalue weighted by atomic mass is 9.90. The second-order valence-electron chi connectivity index (χ2n) is 7.47. The van der Waals surface area contributed by atoms with E-state index in [-0.39, 0.29) is 11.2 Å². The van der Waals surface area contributed by atoms with Gasteiger partial charge < -0.3 is 15.1 Å². The Kier molecular flexibility index (Phi) is 6.34. The second-order valence-corrected chi connectivity index (χ2v) is 9.73. The average molecular weight is 380 g/mol. The summed E-state index contributed by atoms with van der Waals surface area (Å²) in [6, 6.07) is 7.97. The van der Waals surface area contributed by atoms with Crippen molar-refractivity contribution < 1.29 is 12.8 Å². The molecule has 7 heteroatoms. The summed E-state index contributed by atoms with van der Waals surface area (Å²) in [7, 11) is -1.24. The molecule has 26 heavy (non-hydrogen) atoms. The van der Waals surface area contributed by atoms with Crippen molar-refractivity contribution in [2.24, 2.45) is 10.4 Å². The first-order valence-corrected chi connectivity index (χ1v) is 10.8. The standard InChI is InChI=1S/C19H29N3O3S/c1-14-15-8-6-7-9-16(15)25-17(14)12-21-18(20-4)22-13-19(2,3)10-11-26(5,23)24/h6-9H,10-13H2,1-5H3,(H2,20,21,22). The van der Waals surface area contributed by atoms with E-state index in [9.17, 15) is 8.42 Å². The van der Waals surface area contributed by atoms with Crippen LogP contribution < -0.4 is 10.6 Å². The van der Waals surface area contributed by atoms with Gasteiger partial charge in [-0.15, -0.1) is 0 Å². The van der Waals surface area contributed by atoms with Gasteiger partial charge in [-0.05, 0) is 24.8 Å². The van der Waals surface area contributed by atoms with Gasteiger partial charge in [-0.2, -0.15) is 0 Å². The van der Waals surface area contributed by atoms with Gasteiger partial charge in [-0.1, -0.05) is 32.0 Å². The van der Waals surface area contributed by atoms with Crippen LogP contribution in [0.15, 0.2) is 33.7 Å². The molecule has 0 saturated heterocycles. The fourth-order valence-electron chi connectivity index (χ4n) is 2.65. The number of nitrogens with one attached hydrogen (secondary N) is 2. The highest BCUT2D eigenvalue weighted by Crippen LogP contribution is 2.24. The lowest BCUT2D eigenvalue weighted by molar-refractivity contribution is 0.348. The van der Waals surface area contributed by atoms with Gasteiger partial charge in [0.15, 0.2) is 5.96 Å². The molecular weight excluding hydrogens is 350 g/mol. The highest BCUT2D eigenvalue weighted by Gasteiger charge is 2.20. The fraction of sp³-hybridized carbons (Fsp3) is 0.526. The second kappa shape index (κ2) is 8.12. The predicted octanol–water partition coefficient (Wildman–Crippen LogP) is 2.87. The molecule has 0 radical (unpaired) electrons. The molecule has 2 N–H and O–H groups in total. The predicted molar refractivity (Wildman–Crippen MR) is 107 cm³/mol. The molecule has 1 aromatic carbocycles. The SMILES string of the molecule is CN=C(NCc1oc2ccccc2c1C)NCC(C)(C)CCS(C)(=O)=O. The van der Waals surface area contributed by atoms with Crippen molar-refractivity contribution in [2.45, 2.75) is 33.7 Å². The normalized spacial score (nSPS) is 13.2. The number of guanidine groups is 1. The summed E-state index contributed by atoms with van der Waals surface area (Å²) in [5.41, 5.74) is 1.85. The lowest BCUT2D eigenvalue weighted by Crippen LogP contribution is -2.42. The maximum Gasteiger partial charge on any atom is 0.191 e. The number of hydrogen-bond acceptors (Lipinski definition) is 4. The molecule has 144 valence electrons. The van der Waals surface area contributed by atoms with Crippen molar-refractivity contribution in [1.82, 2.24) is 10.6 Å². The maximum atomic E-state index is 11.4. The van der Waals surface area contributed by atoms with Gasteiger partial charge in [-0.25, -0.2) is 8.42 Å². The molecule has 0 atom stereocenters. The minimum absolute atomic E-state index is 0.157. The smallest absolute Gasteiger partial charge is 0.191 e. The van der Waals surface area contributed by atoms with Crippen LogP contribution in [0.5, 0.6) is 0 Å². The molecule has 2 aromatic rings. The minimum Gasteiger partial charge on any atom is -0.459 e. The molecule has 0 saturated carbocycles. The largest absolute Gasteiger partial charge is 0.459 e. The Labute approximate surface area is 156 Å². The monoisotopic (exact) mass is 379 g/mol. The summed E-state index contributed by atoms with van der Waals surface area (Å²) in [6.45, 7) is 7.29. The van der Waals surface area contributed by atoms with Gasteiger partial charge >= 0.3 is 0 Å². The van der Waals surface area contributed by atoms with Crippen LogP contribution in [0.25, 0.3) is 11.0 Å². The summed E-state index contributed by atoms with van der Waals surface area (Å²) in [4.78, 5) is 4.23. The van der Waals surface area contributed by atoms with Crippen LogP contribution in [-0.4, -0.2) is 40.0 Å². The Hall–Kier alpha value is -2.02. The lowest BCUT2D eigenvalue weighted by Gasteiger charge is -2.25. The summed E-state index contributed by atoms with van der Waals surface area (Å²) in [6.07, 6.45) is 1.87. The van der Waals surface area contributed by atoms with Crippen molar-refractivity contribution in [3.63, 3.8) is 0 Å². The van der Waals surface area contributed by atoms with Crippen LogP contribution in [-0.2, 0) is 16.4 Å². The van der Waals surface area contributed by atoms with E-state index < -0.39 is 9.84 Å². The topological polar surface area (TPSA) is 83.7 Å². The van der Waals surface area contributed by atoms with E-state index in [4.69, 9.17) is 4.42 Å². The number of sulfone groups is 1. The first-order chi connectivity index (χ1) is 12.1. The Balaban J connectivity index is 1.92. The first-order valence-electron chi connectivity index (χ1n) is 8.70. The molecule has 6 nitrogen and oxygen atoms in total. The van der Waals surface area contributed by atoms with E-state index in [2.05, 4.69) is 21.7 Å². The molecule has 0 unspecified atom stereocenters. The molecule has 0 fully saturated rings. The fourth-order valence-corrected chi connectivity index (χ4v) is 3.57. The molecule has 1 aromatic heterocycles. The molecule has 1 heterocycles. The number of aryl methyl sites for hydroxylation is 1. The van der Waals surface area contributed by atoms with Crippen molar-refractivity contribution >= 4 is 26.8 Å². The van der Waals surface area contributed by atoms with Gasteiger partial charge in [0.25, 0.3) is 0 Å². The van der Waals surface area contributed by atoms with Crippen molar-refractivity contribution in [1.29, 1.82) is 0 Å². The Morgan fingerprint density at radius 1 is 1.23 bits per heavy atom. The molecule has 0 bridgehead atoms. The third kappa shape index (κ3) is 5.76. The summed E-state index contributed by atoms with van der Waals surface area (Å²) in [5, 5.41) is 7.65. The number of furan rings is 1. The van der Waals surface area contributed by atoms with Crippen molar-refractivity contribution in [3.8, 4) is 0 Å². The van der Waals surface area contributed by atoms with E-state index in [1.54, 1.807) is 7.05 Å². The van der Waals surface area contributed by atoms with Gasteiger partial charge in [0.1, 0.15) is 21.2 Å². The number of benzene rings is 1. The van der Waals surface area contributed by atoms with Crippen molar-refractivity contribution in [2.75, 3.05) is 25.6 Å². The zero-order chi connectivity index (χ0) is 19.4. The maximum absolute atomic E-state index is 11.4. The van der Waals surface area contributed by atoms with Crippen LogP contribution >= 0.6 is 0 Å². The summed E-state index contributed by atoms with van der Waals surface area (Å²) < 4.78 is 28.6. The highest BCUT2D eigenvalue weighted by molar-refractivity contribution is 7.90. The molecule has 0 aliphatic heterocycles. The van der Waals surface area contributed by atoms with Gasteiger partial charge in [-0.3, -0.25) is 4.99 Å². The number of para-hydroxylation sites is 1. The third-order valence-electron chi connectivity index (χ3n) is 4.47.